The van der Waals surface area contributed by atoms with Crippen LogP contribution in [0.2, 0.25) is 0 Å². The zero-order valence-corrected chi connectivity index (χ0v) is 5.71. The first kappa shape index (κ1) is 6.99. The average molecular weight is 131 g/mol. The van der Waals surface area contributed by atoms with E-state index in [-0.39, 0.29) is 6.10 Å². The minimum absolute atomic E-state index is 0.230. The predicted molar refractivity (Wildman–Crippen MR) is 34.1 cm³/mol. The Morgan fingerprint density at radius 1 is 1.78 bits per heavy atom. The highest BCUT2D eigenvalue weighted by atomic mass is 16.5. The molecule has 1 unspecified atom stereocenters. The minimum Gasteiger partial charge on any atom is -0.392 e. The monoisotopic (exact) mass is 131 g/mol. The van der Waals surface area contributed by atoms with Crippen molar-refractivity contribution in [3.8, 4) is 0 Å². The highest BCUT2D eigenvalue weighted by Gasteiger charge is 2.12. The Kier molecular flexibility index (Phi) is 2.45. The van der Waals surface area contributed by atoms with Crippen molar-refractivity contribution >= 4 is 0 Å². The Hall–Kier alpha value is -0.120. The number of nitrogens with zero attached hydrogens (tertiary/aromatic N) is 1. The van der Waals surface area contributed by atoms with E-state index < -0.39 is 0 Å². The van der Waals surface area contributed by atoms with Gasteiger partial charge in [0, 0.05) is 13.1 Å². The molecule has 0 aliphatic carbocycles. The van der Waals surface area contributed by atoms with E-state index in [0.717, 1.165) is 19.7 Å². The molecule has 3 heteroatoms. The summed E-state index contributed by atoms with van der Waals surface area (Å²) in [6.07, 6.45) is -0.230. The molecule has 1 heterocycles. The molecule has 1 N–H and O–H groups in total. The maximum Gasteiger partial charge on any atom is 0.0992 e. The van der Waals surface area contributed by atoms with Gasteiger partial charge in [0.2, 0.25) is 0 Å². The standard InChI is InChI=1S/C6H13NO2/c1-6(8)4-7-2-3-9-5-7/h6,8H,2-5H2,1H3. The summed E-state index contributed by atoms with van der Waals surface area (Å²) in [6, 6.07) is 0. The molecule has 1 saturated heterocycles. The molecule has 1 fully saturated rings. The fourth-order valence-electron chi connectivity index (χ4n) is 0.970. The van der Waals surface area contributed by atoms with Gasteiger partial charge in [-0.25, -0.2) is 0 Å². The van der Waals surface area contributed by atoms with Gasteiger partial charge in [0.25, 0.3) is 0 Å². The average Bonchev–Trinajstić information content (AvgIpc) is 2.15. The van der Waals surface area contributed by atoms with Gasteiger partial charge in [-0.3, -0.25) is 4.90 Å². The third-order valence-corrected chi connectivity index (χ3v) is 1.35. The Balaban J connectivity index is 2.11. The SMILES string of the molecule is CC(O)CN1CCOC1. The van der Waals surface area contributed by atoms with Crippen LogP contribution >= 0.6 is 0 Å². The van der Waals surface area contributed by atoms with Crippen molar-refractivity contribution < 1.29 is 9.84 Å². The van der Waals surface area contributed by atoms with Gasteiger partial charge in [-0.2, -0.15) is 0 Å². The van der Waals surface area contributed by atoms with Gasteiger partial charge in [-0.05, 0) is 6.92 Å². The molecular weight excluding hydrogens is 118 g/mol. The van der Waals surface area contributed by atoms with Crippen molar-refractivity contribution in [3.63, 3.8) is 0 Å². The molecular formula is C6H13NO2. The van der Waals surface area contributed by atoms with Gasteiger partial charge >= 0.3 is 0 Å². The molecule has 0 aromatic rings. The van der Waals surface area contributed by atoms with E-state index in [1.165, 1.54) is 0 Å². The lowest BCUT2D eigenvalue weighted by molar-refractivity contribution is 0.0956. The second kappa shape index (κ2) is 3.15. The Labute approximate surface area is 55.2 Å². The number of rotatable bonds is 2. The molecule has 0 amide bonds. The van der Waals surface area contributed by atoms with E-state index in [1.54, 1.807) is 6.92 Å². The fourth-order valence-corrected chi connectivity index (χ4v) is 0.970. The molecule has 1 aliphatic heterocycles. The lowest BCUT2D eigenvalue weighted by Gasteiger charge is -2.13. The van der Waals surface area contributed by atoms with Crippen LogP contribution in [0.1, 0.15) is 6.92 Å². The second-order valence-electron chi connectivity index (χ2n) is 2.46. The van der Waals surface area contributed by atoms with Crippen LogP contribution in [-0.2, 0) is 4.74 Å². The van der Waals surface area contributed by atoms with E-state index in [2.05, 4.69) is 4.90 Å². The maximum atomic E-state index is 8.92. The number of ether oxygens (including phenoxy) is 1. The Morgan fingerprint density at radius 3 is 3.00 bits per heavy atom. The van der Waals surface area contributed by atoms with Crippen molar-refractivity contribution in [1.29, 1.82) is 0 Å². The third kappa shape index (κ3) is 2.30. The summed E-state index contributed by atoms with van der Waals surface area (Å²) in [6.45, 7) is 4.99. The first-order valence-electron chi connectivity index (χ1n) is 3.27. The zero-order chi connectivity index (χ0) is 6.69. The summed E-state index contributed by atoms with van der Waals surface area (Å²) in [5.41, 5.74) is 0. The van der Waals surface area contributed by atoms with Gasteiger partial charge in [-0.1, -0.05) is 0 Å². The van der Waals surface area contributed by atoms with Crippen molar-refractivity contribution in [2.75, 3.05) is 26.4 Å². The number of β-amino-alcohol motifs (C(OH)–C–C–N with tert-alkyl or cyclic N) is 1. The largest absolute Gasteiger partial charge is 0.392 e. The van der Waals surface area contributed by atoms with Crippen LogP contribution < -0.4 is 0 Å². The normalized spacial score (nSPS) is 24.7. The van der Waals surface area contributed by atoms with Crippen molar-refractivity contribution in [3.05, 3.63) is 0 Å². The lowest BCUT2D eigenvalue weighted by Crippen LogP contribution is -2.28. The topological polar surface area (TPSA) is 32.7 Å². The van der Waals surface area contributed by atoms with Crippen molar-refractivity contribution in [2.45, 2.75) is 13.0 Å². The molecule has 0 saturated carbocycles. The second-order valence-corrected chi connectivity index (χ2v) is 2.46. The van der Waals surface area contributed by atoms with Crippen LogP contribution in [0.25, 0.3) is 0 Å². The first-order chi connectivity index (χ1) is 4.29. The Morgan fingerprint density at radius 2 is 2.56 bits per heavy atom. The third-order valence-electron chi connectivity index (χ3n) is 1.35. The summed E-state index contributed by atoms with van der Waals surface area (Å²) in [7, 11) is 0. The van der Waals surface area contributed by atoms with E-state index in [9.17, 15) is 0 Å². The quantitative estimate of drug-likeness (QED) is 0.556. The molecule has 9 heavy (non-hydrogen) atoms. The van der Waals surface area contributed by atoms with Gasteiger partial charge in [0.1, 0.15) is 0 Å². The van der Waals surface area contributed by atoms with Crippen molar-refractivity contribution in [1.82, 2.24) is 4.90 Å². The number of aliphatic hydroxyl groups excluding tert-OH is 1. The van der Waals surface area contributed by atoms with Crippen molar-refractivity contribution in [2.24, 2.45) is 0 Å². The van der Waals surface area contributed by atoms with E-state index >= 15 is 0 Å². The first-order valence-corrected chi connectivity index (χ1v) is 3.27. The van der Waals surface area contributed by atoms with Crippen LogP contribution in [0.5, 0.6) is 0 Å². The van der Waals surface area contributed by atoms with Gasteiger partial charge in [-0.15, -0.1) is 0 Å². The molecule has 1 rings (SSSR count). The summed E-state index contributed by atoms with van der Waals surface area (Å²) < 4.78 is 5.07. The van der Waals surface area contributed by atoms with Crippen LogP contribution in [0.15, 0.2) is 0 Å². The van der Waals surface area contributed by atoms with E-state index in [0.29, 0.717) is 6.73 Å². The van der Waals surface area contributed by atoms with E-state index in [1.807, 2.05) is 0 Å². The molecule has 1 atom stereocenters. The molecule has 0 aromatic carbocycles. The van der Waals surface area contributed by atoms with E-state index in [4.69, 9.17) is 9.84 Å². The predicted octanol–water partition coefficient (Wildman–Crippen LogP) is -0.343. The number of hydrogen-bond donors (Lipinski definition) is 1. The van der Waals surface area contributed by atoms with Crippen LogP contribution in [-0.4, -0.2) is 42.5 Å². The highest BCUT2D eigenvalue weighted by molar-refractivity contribution is 4.61. The number of hydrogen-bond acceptors (Lipinski definition) is 3. The smallest absolute Gasteiger partial charge is 0.0992 e. The number of aliphatic hydroxyl groups is 1. The molecule has 3 nitrogen and oxygen atoms in total. The molecule has 1 aliphatic rings. The lowest BCUT2D eigenvalue weighted by atomic mass is 10.4. The van der Waals surface area contributed by atoms with Gasteiger partial charge in [0.05, 0.1) is 19.4 Å². The molecule has 0 bridgehead atoms. The molecule has 0 radical (unpaired) electrons. The van der Waals surface area contributed by atoms with Crippen LogP contribution in [0.4, 0.5) is 0 Å². The minimum atomic E-state index is -0.230. The summed E-state index contributed by atoms with van der Waals surface area (Å²) in [5.74, 6) is 0. The fraction of sp³-hybridized carbons (Fsp3) is 1.00. The van der Waals surface area contributed by atoms with Gasteiger partial charge in [0.15, 0.2) is 0 Å². The Bertz CT molecular complexity index is 79.1. The molecule has 0 aromatic heterocycles. The van der Waals surface area contributed by atoms with Gasteiger partial charge < -0.3 is 9.84 Å². The van der Waals surface area contributed by atoms with Crippen LogP contribution in [0.3, 0.4) is 0 Å². The summed E-state index contributed by atoms with van der Waals surface area (Å²) in [5, 5.41) is 8.92. The molecule has 54 valence electrons. The molecule has 0 spiro atoms. The zero-order valence-electron chi connectivity index (χ0n) is 5.71. The summed E-state index contributed by atoms with van der Waals surface area (Å²) in [4.78, 5) is 2.09. The summed E-state index contributed by atoms with van der Waals surface area (Å²) >= 11 is 0. The van der Waals surface area contributed by atoms with Crippen LogP contribution in [0, 0.1) is 0 Å². The highest BCUT2D eigenvalue weighted by Crippen LogP contribution is 1.98. The maximum absolute atomic E-state index is 8.92.